The molecule has 0 aliphatic heterocycles. The predicted molar refractivity (Wildman–Crippen MR) is 127 cm³/mol. The molecule has 0 bridgehead atoms. The summed E-state index contributed by atoms with van der Waals surface area (Å²) in [4.78, 5) is 26.2. The van der Waals surface area contributed by atoms with Gasteiger partial charge in [-0.25, -0.2) is 4.79 Å². The smallest absolute Gasteiger partial charge is 0.341 e. The normalized spacial score (nSPS) is 10.8. The molecule has 4 rings (SSSR count). The summed E-state index contributed by atoms with van der Waals surface area (Å²) in [5.74, 6) is -0.635. The number of carbonyl (C=O) groups excluding carboxylic acids is 2. The van der Waals surface area contributed by atoms with Crippen molar-refractivity contribution in [3.05, 3.63) is 58.3 Å². The van der Waals surface area contributed by atoms with Crippen LogP contribution in [-0.2, 0) is 9.53 Å². The highest BCUT2D eigenvalue weighted by atomic mass is 32.2. The van der Waals surface area contributed by atoms with Crippen molar-refractivity contribution in [2.75, 3.05) is 17.7 Å². The summed E-state index contributed by atoms with van der Waals surface area (Å²) in [5, 5.41) is 19.4. The lowest BCUT2D eigenvalue weighted by atomic mass is 10.1. The van der Waals surface area contributed by atoms with Crippen LogP contribution in [0.4, 0.5) is 5.00 Å². The van der Waals surface area contributed by atoms with Gasteiger partial charge in [-0.05, 0) is 47.4 Å². The average Bonchev–Trinajstić information content (AvgIpc) is 3.53. The van der Waals surface area contributed by atoms with Crippen LogP contribution in [-0.4, -0.2) is 44.4 Å². The van der Waals surface area contributed by atoms with Gasteiger partial charge in [-0.1, -0.05) is 36.0 Å². The third-order valence-electron chi connectivity index (χ3n) is 4.43. The SMILES string of the molecule is CCOC(=O)c1c(-c2cccs2)csc1NC(=O)CSc1nnnn1-c1ccccc1C. The van der Waals surface area contributed by atoms with Gasteiger partial charge in [-0.3, -0.25) is 4.79 Å². The van der Waals surface area contributed by atoms with Crippen molar-refractivity contribution in [2.45, 2.75) is 19.0 Å². The lowest BCUT2D eigenvalue weighted by Gasteiger charge is -2.09. The first-order valence-corrected chi connectivity index (χ1v) is 12.4. The van der Waals surface area contributed by atoms with Gasteiger partial charge in [0.15, 0.2) is 0 Å². The predicted octanol–water partition coefficient (Wildman–Crippen LogP) is 4.67. The first-order chi connectivity index (χ1) is 15.6. The van der Waals surface area contributed by atoms with Crippen LogP contribution in [0.3, 0.4) is 0 Å². The summed E-state index contributed by atoms with van der Waals surface area (Å²) < 4.78 is 6.84. The van der Waals surface area contributed by atoms with E-state index in [2.05, 4.69) is 20.8 Å². The molecule has 1 N–H and O–H groups in total. The van der Waals surface area contributed by atoms with Gasteiger partial charge in [0.2, 0.25) is 11.1 Å². The van der Waals surface area contributed by atoms with Gasteiger partial charge in [0.1, 0.15) is 10.6 Å². The number of rotatable bonds is 8. The zero-order valence-electron chi connectivity index (χ0n) is 17.3. The molecule has 8 nitrogen and oxygen atoms in total. The van der Waals surface area contributed by atoms with Crippen LogP contribution in [0.5, 0.6) is 0 Å². The van der Waals surface area contributed by atoms with Crippen LogP contribution in [0, 0.1) is 6.92 Å². The van der Waals surface area contributed by atoms with Crippen LogP contribution >= 0.6 is 34.4 Å². The lowest BCUT2D eigenvalue weighted by molar-refractivity contribution is -0.113. The first-order valence-electron chi connectivity index (χ1n) is 9.68. The number of nitrogens with zero attached hydrogens (tertiary/aromatic N) is 4. The highest BCUT2D eigenvalue weighted by Gasteiger charge is 2.23. The molecule has 0 saturated carbocycles. The Bertz CT molecular complexity index is 1230. The molecule has 0 fully saturated rings. The number of amides is 1. The second-order valence-corrected chi connectivity index (χ2v) is 9.32. The van der Waals surface area contributed by atoms with Crippen molar-refractivity contribution >= 4 is 51.3 Å². The number of hydrogen-bond donors (Lipinski definition) is 1. The molecular formula is C21H19N5O3S3. The molecule has 0 atom stereocenters. The van der Waals surface area contributed by atoms with Crippen molar-refractivity contribution < 1.29 is 14.3 Å². The third-order valence-corrected chi connectivity index (χ3v) is 7.14. The maximum absolute atomic E-state index is 12.7. The number of para-hydroxylation sites is 1. The Kier molecular flexibility index (Phi) is 6.98. The molecule has 164 valence electrons. The Hall–Kier alpha value is -3.02. The van der Waals surface area contributed by atoms with Gasteiger partial charge in [-0.15, -0.1) is 27.8 Å². The maximum atomic E-state index is 12.7. The van der Waals surface area contributed by atoms with Crippen molar-refractivity contribution in [3.63, 3.8) is 0 Å². The molecule has 0 aliphatic rings. The Morgan fingerprint density at radius 3 is 2.78 bits per heavy atom. The highest BCUT2D eigenvalue weighted by molar-refractivity contribution is 7.99. The molecule has 0 radical (unpaired) electrons. The van der Waals surface area contributed by atoms with Gasteiger partial charge in [0, 0.05) is 15.8 Å². The van der Waals surface area contributed by atoms with E-state index in [0.29, 0.717) is 15.7 Å². The molecular weight excluding hydrogens is 466 g/mol. The van der Waals surface area contributed by atoms with E-state index in [4.69, 9.17) is 4.74 Å². The van der Waals surface area contributed by atoms with E-state index in [9.17, 15) is 9.59 Å². The first kappa shape index (κ1) is 22.2. The minimum Gasteiger partial charge on any atom is -0.462 e. The fourth-order valence-corrected chi connectivity index (χ4v) is 5.45. The topological polar surface area (TPSA) is 99.0 Å². The van der Waals surface area contributed by atoms with E-state index in [1.807, 2.05) is 54.1 Å². The Labute approximate surface area is 196 Å². The van der Waals surface area contributed by atoms with Crippen molar-refractivity contribution in [1.29, 1.82) is 0 Å². The van der Waals surface area contributed by atoms with Crippen LogP contribution in [0.2, 0.25) is 0 Å². The van der Waals surface area contributed by atoms with E-state index in [0.717, 1.165) is 21.7 Å². The number of benzene rings is 1. The number of thioether (sulfide) groups is 1. The van der Waals surface area contributed by atoms with E-state index >= 15 is 0 Å². The molecule has 0 aliphatic carbocycles. The number of aromatic nitrogens is 4. The van der Waals surface area contributed by atoms with E-state index in [1.165, 1.54) is 34.4 Å². The van der Waals surface area contributed by atoms with E-state index in [-0.39, 0.29) is 18.3 Å². The highest BCUT2D eigenvalue weighted by Crippen LogP contribution is 2.38. The van der Waals surface area contributed by atoms with Crippen LogP contribution in [0.25, 0.3) is 16.1 Å². The molecule has 4 aromatic rings. The lowest BCUT2D eigenvalue weighted by Crippen LogP contribution is -2.16. The molecule has 3 aromatic heterocycles. The second kappa shape index (κ2) is 10.1. The van der Waals surface area contributed by atoms with Crippen molar-refractivity contribution in [3.8, 4) is 16.1 Å². The Balaban J connectivity index is 1.50. The number of hydrogen-bond acceptors (Lipinski definition) is 9. The van der Waals surface area contributed by atoms with Gasteiger partial charge in [0.05, 0.1) is 18.0 Å². The van der Waals surface area contributed by atoms with Crippen molar-refractivity contribution in [1.82, 2.24) is 20.2 Å². The molecule has 32 heavy (non-hydrogen) atoms. The zero-order chi connectivity index (χ0) is 22.5. The molecule has 1 amide bonds. The molecule has 0 unspecified atom stereocenters. The Morgan fingerprint density at radius 1 is 1.19 bits per heavy atom. The quantitative estimate of drug-likeness (QED) is 0.286. The fourth-order valence-electron chi connectivity index (χ4n) is 2.98. The molecule has 0 saturated heterocycles. The summed E-state index contributed by atoms with van der Waals surface area (Å²) in [6.45, 7) is 3.98. The number of aryl methyl sites for hydroxylation is 1. The standard InChI is InChI=1S/C21H19N5O3S3/c1-3-29-20(28)18-14(16-9-6-10-30-16)11-31-19(18)22-17(27)12-32-21-23-24-25-26(21)15-8-5-4-7-13(15)2/h4-11H,3,12H2,1-2H3,(H,22,27). The number of thiophene rings is 2. The fraction of sp³-hybridized carbons (Fsp3) is 0.190. The summed E-state index contributed by atoms with van der Waals surface area (Å²) in [6, 6.07) is 11.6. The average molecular weight is 486 g/mol. The number of carbonyl (C=O) groups is 2. The summed E-state index contributed by atoms with van der Waals surface area (Å²) in [5.41, 5.74) is 3.01. The van der Waals surface area contributed by atoms with Crippen LogP contribution in [0.15, 0.2) is 52.3 Å². The number of tetrazole rings is 1. The number of ether oxygens (including phenoxy) is 1. The van der Waals surface area contributed by atoms with Crippen LogP contribution in [0.1, 0.15) is 22.8 Å². The van der Waals surface area contributed by atoms with Gasteiger partial charge < -0.3 is 10.1 Å². The van der Waals surface area contributed by atoms with Crippen molar-refractivity contribution in [2.24, 2.45) is 0 Å². The number of esters is 1. The molecule has 0 spiro atoms. The molecule has 1 aromatic carbocycles. The minimum absolute atomic E-state index is 0.0841. The van der Waals surface area contributed by atoms with Gasteiger partial charge in [-0.2, -0.15) is 4.68 Å². The number of nitrogens with one attached hydrogen (secondary N) is 1. The minimum atomic E-state index is -0.455. The summed E-state index contributed by atoms with van der Waals surface area (Å²) >= 11 is 4.04. The summed E-state index contributed by atoms with van der Waals surface area (Å²) in [7, 11) is 0. The zero-order valence-corrected chi connectivity index (χ0v) is 19.7. The molecule has 11 heteroatoms. The molecule has 3 heterocycles. The largest absolute Gasteiger partial charge is 0.462 e. The van der Waals surface area contributed by atoms with Gasteiger partial charge in [0.25, 0.3) is 0 Å². The summed E-state index contributed by atoms with van der Waals surface area (Å²) in [6.07, 6.45) is 0. The maximum Gasteiger partial charge on any atom is 0.341 e. The van der Waals surface area contributed by atoms with E-state index in [1.54, 1.807) is 11.6 Å². The second-order valence-electron chi connectivity index (χ2n) is 6.55. The van der Waals surface area contributed by atoms with Crippen LogP contribution < -0.4 is 5.32 Å². The number of anilines is 1. The van der Waals surface area contributed by atoms with Gasteiger partial charge >= 0.3 is 5.97 Å². The Morgan fingerprint density at radius 2 is 2.03 bits per heavy atom. The monoisotopic (exact) mass is 485 g/mol. The van der Waals surface area contributed by atoms with E-state index < -0.39 is 5.97 Å². The third kappa shape index (κ3) is 4.74.